The number of nitrogens with zero attached hydrogens (tertiary/aromatic N) is 4. The van der Waals surface area contributed by atoms with E-state index in [9.17, 15) is 4.79 Å². The predicted octanol–water partition coefficient (Wildman–Crippen LogP) is 3.71. The molecule has 7 heteroatoms. The van der Waals surface area contributed by atoms with Crippen LogP contribution in [0.25, 0.3) is 0 Å². The lowest BCUT2D eigenvalue weighted by atomic mass is 10.2. The summed E-state index contributed by atoms with van der Waals surface area (Å²) >= 11 is 5.94. The molecule has 1 amide bonds. The van der Waals surface area contributed by atoms with Crippen LogP contribution in [0.3, 0.4) is 0 Å². The van der Waals surface area contributed by atoms with Gasteiger partial charge in [0.15, 0.2) is 0 Å². The fraction of sp³-hybridized carbons (Fsp3) is 0.190. The lowest BCUT2D eigenvalue weighted by Crippen LogP contribution is -2.47. The summed E-state index contributed by atoms with van der Waals surface area (Å²) < 4.78 is 0. The van der Waals surface area contributed by atoms with E-state index in [1.54, 1.807) is 30.5 Å². The van der Waals surface area contributed by atoms with Gasteiger partial charge in [0.2, 0.25) is 0 Å². The Morgan fingerprint density at radius 3 is 2.25 bits per heavy atom. The summed E-state index contributed by atoms with van der Waals surface area (Å²) in [5.74, 6) is 1.71. The smallest absolute Gasteiger partial charge is 0.255 e. The zero-order valence-corrected chi connectivity index (χ0v) is 16.0. The van der Waals surface area contributed by atoms with Crippen LogP contribution < -0.4 is 15.1 Å². The summed E-state index contributed by atoms with van der Waals surface area (Å²) in [5.41, 5.74) is 1.17. The Morgan fingerprint density at radius 1 is 0.893 bits per heavy atom. The van der Waals surface area contributed by atoms with Gasteiger partial charge in [0, 0.05) is 43.0 Å². The largest absolute Gasteiger partial charge is 0.353 e. The molecule has 1 N–H and O–H groups in total. The summed E-state index contributed by atoms with van der Waals surface area (Å²) in [6.45, 7) is 3.54. The first-order chi connectivity index (χ1) is 13.7. The monoisotopic (exact) mass is 393 g/mol. The lowest BCUT2D eigenvalue weighted by Gasteiger charge is -2.36. The van der Waals surface area contributed by atoms with Crippen LogP contribution in [0.2, 0.25) is 5.02 Å². The number of benzene rings is 1. The molecule has 2 aromatic heterocycles. The highest BCUT2D eigenvalue weighted by molar-refractivity contribution is 6.31. The van der Waals surface area contributed by atoms with Crippen molar-refractivity contribution in [1.82, 2.24) is 9.97 Å². The molecule has 3 aromatic rings. The number of pyridine rings is 2. The lowest BCUT2D eigenvalue weighted by molar-refractivity contribution is 0.102. The maximum absolute atomic E-state index is 12.3. The third-order valence-electron chi connectivity index (χ3n) is 4.67. The molecule has 28 heavy (non-hydrogen) atoms. The van der Waals surface area contributed by atoms with Crippen molar-refractivity contribution in [3.05, 3.63) is 77.6 Å². The molecule has 6 nitrogen and oxygen atoms in total. The van der Waals surface area contributed by atoms with E-state index in [2.05, 4.69) is 25.1 Å². The van der Waals surface area contributed by atoms with E-state index in [1.165, 1.54) is 0 Å². The van der Waals surface area contributed by atoms with Crippen LogP contribution >= 0.6 is 11.6 Å². The number of hydrogen-bond donors (Lipinski definition) is 1. The molecular weight excluding hydrogens is 374 g/mol. The van der Waals surface area contributed by atoms with E-state index in [0.29, 0.717) is 16.3 Å². The number of piperazine rings is 1. The fourth-order valence-corrected chi connectivity index (χ4v) is 3.38. The molecule has 4 rings (SSSR count). The number of anilines is 3. The SMILES string of the molecule is O=C(Nc1ccc(N2CCN(c3ccccn3)CC2)nc1)c1cccc(Cl)c1. The molecule has 1 fully saturated rings. The van der Waals surface area contributed by atoms with E-state index in [-0.39, 0.29) is 5.91 Å². The second-order valence-electron chi connectivity index (χ2n) is 6.53. The first-order valence-electron chi connectivity index (χ1n) is 9.13. The van der Waals surface area contributed by atoms with Crippen molar-refractivity contribution in [1.29, 1.82) is 0 Å². The third kappa shape index (κ3) is 4.23. The van der Waals surface area contributed by atoms with E-state index in [0.717, 1.165) is 37.8 Å². The number of rotatable bonds is 4. The third-order valence-corrected chi connectivity index (χ3v) is 4.90. The van der Waals surface area contributed by atoms with Crippen LogP contribution in [0.5, 0.6) is 0 Å². The number of nitrogens with one attached hydrogen (secondary N) is 1. The molecule has 1 aliphatic heterocycles. The number of hydrogen-bond acceptors (Lipinski definition) is 5. The van der Waals surface area contributed by atoms with Gasteiger partial charge in [-0.3, -0.25) is 4.79 Å². The van der Waals surface area contributed by atoms with E-state index in [1.807, 2.05) is 36.5 Å². The molecular formula is C21H20ClN5O. The number of amides is 1. The van der Waals surface area contributed by atoms with E-state index in [4.69, 9.17) is 11.6 Å². The maximum atomic E-state index is 12.3. The fourth-order valence-electron chi connectivity index (χ4n) is 3.19. The van der Waals surface area contributed by atoms with Gasteiger partial charge in [-0.15, -0.1) is 0 Å². The Kier molecular flexibility index (Phi) is 5.39. The molecule has 142 valence electrons. The van der Waals surface area contributed by atoms with Crippen molar-refractivity contribution in [2.24, 2.45) is 0 Å². The Labute approximate surface area is 168 Å². The Bertz CT molecular complexity index is 941. The van der Waals surface area contributed by atoms with Crippen molar-refractivity contribution in [3.8, 4) is 0 Å². The minimum Gasteiger partial charge on any atom is -0.353 e. The van der Waals surface area contributed by atoms with Crippen molar-refractivity contribution in [2.45, 2.75) is 0 Å². The normalized spacial score (nSPS) is 14.0. The zero-order chi connectivity index (χ0) is 19.3. The van der Waals surface area contributed by atoms with Gasteiger partial charge in [-0.25, -0.2) is 9.97 Å². The Balaban J connectivity index is 1.35. The maximum Gasteiger partial charge on any atom is 0.255 e. The van der Waals surface area contributed by atoms with Crippen molar-refractivity contribution >= 4 is 34.8 Å². The van der Waals surface area contributed by atoms with Crippen LogP contribution in [0.4, 0.5) is 17.3 Å². The quantitative estimate of drug-likeness (QED) is 0.732. The summed E-state index contributed by atoms with van der Waals surface area (Å²) in [6, 6.07) is 16.6. The van der Waals surface area contributed by atoms with E-state index >= 15 is 0 Å². The molecule has 1 aliphatic rings. The first-order valence-corrected chi connectivity index (χ1v) is 9.51. The summed E-state index contributed by atoms with van der Waals surface area (Å²) in [7, 11) is 0. The first kappa shape index (κ1) is 18.3. The summed E-state index contributed by atoms with van der Waals surface area (Å²) in [5, 5.41) is 3.38. The van der Waals surface area contributed by atoms with Crippen LogP contribution in [0.15, 0.2) is 67.0 Å². The zero-order valence-electron chi connectivity index (χ0n) is 15.3. The number of halogens is 1. The second-order valence-corrected chi connectivity index (χ2v) is 6.97. The molecule has 0 spiro atoms. The average molecular weight is 394 g/mol. The van der Waals surface area contributed by atoms with Gasteiger partial charge in [-0.2, -0.15) is 0 Å². The Morgan fingerprint density at radius 2 is 1.64 bits per heavy atom. The average Bonchev–Trinajstić information content (AvgIpc) is 2.75. The van der Waals surface area contributed by atoms with Crippen LogP contribution in [0.1, 0.15) is 10.4 Å². The van der Waals surface area contributed by atoms with Crippen LogP contribution in [-0.2, 0) is 0 Å². The molecule has 3 heterocycles. The Hall–Kier alpha value is -3.12. The number of aromatic nitrogens is 2. The topological polar surface area (TPSA) is 61.4 Å². The minimum atomic E-state index is -0.207. The van der Waals surface area contributed by atoms with Gasteiger partial charge in [0.05, 0.1) is 11.9 Å². The highest BCUT2D eigenvalue weighted by Crippen LogP contribution is 2.19. The van der Waals surface area contributed by atoms with Gasteiger partial charge >= 0.3 is 0 Å². The van der Waals surface area contributed by atoms with Gasteiger partial charge in [-0.05, 0) is 42.5 Å². The number of carbonyl (C=O) groups is 1. The highest BCUT2D eigenvalue weighted by atomic mass is 35.5. The van der Waals surface area contributed by atoms with Crippen molar-refractivity contribution in [3.63, 3.8) is 0 Å². The standard InChI is InChI=1S/C21H20ClN5O/c22-17-5-3-4-16(14-17)21(28)25-18-7-8-20(24-15-18)27-12-10-26(11-13-27)19-6-1-2-9-23-19/h1-9,14-15H,10-13H2,(H,25,28). The molecule has 1 saturated heterocycles. The van der Waals surface area contributed by atoms with Crippen LogP contribution in [0, 0.1) is 0 Å². The molecule has 0 atom stereocenters. The predicted molar refractivity (Wildman–Crippen MR) is 112 cm³/mol. The van der Waals surface area contributed by atoms with Gasteiger partial charge in [-0.1, -0.05) is 23.7 Å². The van der Waals surface area contributed by atoms with Crippen LogP contribution in [-0.4, -0.2) is 42.1 Å². The number of carbonyl (C=O) groups excluding carboxylic acids is 1. The minimum absolute atomic E-state index is 0.207. The second kappa shape index (κ2) is 8.27. The van der Waals surface area contributed by atoms with Crippen molar-refractivity contribution in [2.75, 3.05) is 41.3 Å². The molecule has 0 saturated carbocycles. The molecule has 0 bridgehead atoms. The summed E-state index contributed by atoms with van der Waals surface area (Å²) in [6.07, 6.45) is 3.50. The molecule has 0 unspecified atom stereocenters. The van der Waals surface area contributed by atoms with E-state index < -0.39 is 0 Å². The van der Waals surface area contributed by atoms with Crippen molar-refractivity contribution < 1.29 is 4.79 Å². The highest BCUT2D eigenvalue weighted by Gasteiger charge is 2.19. The molecule has 0 aliphatic carbocycles. The van der Waals surface area contributed by atoms with Gasteiger partial charge < -0.3 is 15.1 Å². The van der Waals surface area contributed by atoms with Gasteiger partial charge in [0.1, 0.15) is 11.6 Å². The summed E-state index contributed by atoms with van der Waals surface area (Å²) in [4.78, 5) is 25.7. The van der Waals surface area contributed by atoms with Gasteiger partial charge in [0.25, 0.3) is 5.91 Å². The molecule has 1 aromatic carbocycles. The molecule has 0 radical (unpaired) electrons.